The summed E-state index contributed by atoms with van der Waals surface area (Å²) in [5.41, 5.74) is 0. The standard InChI is InChI=1S/C4H7NO.2C4H6O4/c6-4-2-1-3-5-4;2*5-3(6)1-2-4(7)8/h1-3H2,(H,5,6);2*1-2H2,(H,5,6)(H,7,8). The van der Waals surface area contributed by atoms with E-state index in [2.05, 4.69) is 5.32 Å². The molecule has 1 saturated heterocycles. The van der Waals surface area contributed by atoms with Gasteiger partial charge in [0.1, 0.15) is 0 Å². The summed E-state index contributed by atoms with van der Waals surface area (Å²) in [6.07, 6.45) is 0.578. The number of carbonyl (C=O) groups is 5. The lowest BCUT2D eigenvalue weighted by molar-refractivity contribution is -0.143. The highest BCUT2D eigenvalue weighted by Gasteiger charge is 2.05. The second kappa shape index (κ2) is 13.3. The third-order valence-electron chi connectivity index (χ3n) is 2.01. The van der Waals surface area contributed by atoms with Gasteiger partial charge in [0.15, 0.2) is 0 Å². The van der Waals surface area contributed by atoms with Crippen LogP contribution in [-0.2, 0) is 24.0 Å². The average Bonchev–Trinajstić information content (AvgIpc) is 2.86. The fraction of sp³-hybridized carbons (Fsp3) is 0.583. The second-order valence-corrected chi connectivity index (χ2v) is 4.03. The molecule has 5 N–H and O–H groups in total. The van der Waals surface area contributed by atoms with Crippen LogP contribution in [0.15, 0.2) is 0 Å². The average molecular weight is 321 g/mol. The van der Waals surface area contributed by atoms with Gasteiger partial charge < -0.3 is 25.7 Å². The molecule has 1 aliphatic heterocycles. The zero-order chi connectivity index (χ0) is 17.5. The first-order valence-electron chi connectivity index (χ1n) is 6.29. The van der Waals surface area contributed by atoms with Crippen LogP contribution in [0.25, 0.3) is 0 Å². The first-order chi connectivity index (χ1) is 10.1. The third-order valence-corrected chi connectivity index (χ3v) is 2.01. The summed E-state index contributed by atoms with van der Waals surface area (Å²) in [7, 11) is 0. The molecular weight excluding hydrogens is 302 g/mol. The topological polar surface area (TPSA) is 178 Å². The Bertz CT molecular complexity index is 341. The number of hydrogen-bond donors (Lipinski definition) is 5. The lowest BCUT2D eigenvalue weighted by Crippen LogP contribution is -2.12. The summed E-state index contributed by atoms with van der Waals surface area (Å²) in [5, 5.41) is 34.3. The van der Waals surface area contributed by atoms with Crippen molar-refractivity contribution in [2.75, 3.05) is 6.54 Å². The molecule has 10 heteroatoms. The zero-order valence-electron chi connectivity index (χ0n) is 11.8. The number of hydrogen-bond acceptors (Lipinski definition) is 5. The summed E-state index contributed by atoms with van der Waals surface area (Å²) < 4.78 is 0. The molecule has 1 aliphatic rings. The number of aliphatic carboxylic acids is 4. The monoisotopic (exact) mass is 321 g/mol. The molecule has 1 amide bonds. The van der Waals surface area contributed by atoms with Crippen LogP contribution >= 0.6 is 0 Å². The van der Waals surface area contributed by atoms with Gasteiger partial charge in [0.2, 0.25) is 5.91 Å². The van der Waals surface area contributed by atoms with Crippen molar-refractivity contribution < 1.29 is 44.4 Å². The molecule has 0 spiro atoms. The molecule has 1 fully saturated rings. The maximum absolute atomic E-state index is 10.1. The lowest BCUT2D eigenvalue weighted by atomic mass is 10.3. The van der Waals surface area contributed by atoms with Crippen LogP contribution in [0.1, 0.15) is 38.5 Å². The van der Waals surface area contributed by atoms with Crippen molar-refractivity contribution in [2.24, 2.45) is 0 Å². The minimum atomic E-state index is -1.08. The van der Waals surface area contributed by atoms with E-state index < -0.39 is 23.9 Å². The number of carbonyl (C=O) groups excluding carboxylic acids is 1. The molecule has 126 valence electrons. The highest BCUT2D eigenvalue weighted by Crippen LogP contribution is 1.93. The molecule has 10 nitrogen and oxygen atoms in total. The van der Waals surface area contributed by atoms with Gasteiger partial charge in [0.25, 0.3) is 0 Å². The Morgan fingerprint density at radius 3 is 1.18 bits per heavy atom. The van der Waals surface area contributed by atoms with E-state index in [1.807, 2.05) is 0 Å². The van der Waals surface area contributed by atoms with Gasteiger partial charge in [-0.25, -0.2) is 0 Å². The number of amides is 1. The number of carboxylic acids is 4. The Morgan fingerprint density at radius 1 is 0.773 bits per heavy atom. The minimum absolute atomic E-state index is 0.204. The molecule has 0 radical (unpaired) electrons. The lowest BCUT2D eigenvalue weighted by Gasteiger charge is -1.85. The summed E-state index contributed by atoms with van der Waals surface area (Å²) in [4.78, 5) is 48.7. The second-order valence-electron chi connectivity index (χ2n) is 4.03. The first-order valence-corrected chi connectivity index (χ1v) is 6.29. The normalized spacial score (nSPS) is 11.9. The summed E-state index contributed by atoms with van der Waals surface area (Å²) in [5.74, 6) is -4.10. The van der Waals surface area contributed by atoms with Crippen LogP contribution in [0, 0.1) is 0 Å². The van der Waals surface area contributed by atoms with Crippen LogP contribution in [0.4, 0.5) is 0 Å². The van der Waals surface area contributed by atoms with Gasteiger partial charge in [0, 0.05) is 13.0 Å². The van der Waals surface area contributed by atoms with Crippen molar-refractivity contribution in [3.63, 3.8) is 0 Å². The van der Waals surface area contributed by atoms with Crippen molar-refractivity contribution in [2.45, 2.75) is 38.5 Å². The molecule has 1 rings (SSSR count). The number of nitrogens with one attached hydrogen (secondary N) is 1. The van der Waals surface area contributed by atoms with Crippen LogP contribution in [0.2, 0.25) is 0 Å². The summed E-state index contributed by atoms with van der Waals surface area (Å²) in [6.45, 7) is 0.888. The van der Waals surface area contributed by atoms with E-state index >= 15 is 0 Å². The number of carboxylic acid groups (broad SMARTS) is 4. The van der Waals surface area contributed by atoms with Crippen molar-refractivity contribution >= 4 is 29.8 Å². The Morgan fingerprint density at radius 2 is 1.09 bits per heavy atom. The van der Waals surface area contributed by atoms with E-state index in [1.165, 1.54) is 0 Å². The van der Waals surface area contributed by atoms with E-state index in [-0.39, 0.29) is 31.6 Å². The maximum atomic E-state index is 10.1. The van der Waals surface area contributed by atoms with Gasteiger partial charge in [-0.3, -0.25) is 24.0 Å². The van der Waals surface area contributed by atoms with E-state index in [0.29, 0.717) is 0 Å². The molecule has 0 aliphatic carbocycles. The molecule has 0 aromatic carbocycles. The van der Waals surface area contributed by atoms with Gasteiger partial charge in [-0.15, -0.1) is 0 Å². The first kappa shape index (κ1) is 21.6. The van der Waals surface area contributed by atoms with E-state index in [9.17, 15) is 24.0 Å². The fourth-order valence-electron chi connectivity index (χ4n) is 0.993. The van der Waals surface area contributed by atoms with Crippen LogP contribution in [-0.4, -0.2) is 56.8 Å². The SMILES string of the molecule is O=C(O)CCC(=O)O.O=C(O)CCC(=O)O.O=C1CCCN1. The molecule has 0 atom stereocenters. The van der Waals surface area contributed by atoms with Gasteiger partial charge in [0.05, 0.1) is 25.7 Å². The van der Waals surface area contributed by atoms with Crippen molar-refractivity contribution in [1.82, 2.24) is 5.32 Å². The highest BCUT2D eigenvalue weighted by molar-refractivity contribution is 5.77. The van der Waals surface area contributed by atoms with Crippen LogP contribution in [0.3, 0.4) is 0 Å². The number of rotatable bonds is 6. The fourth-order valence-corrected chi connectivity index (χ4v) is 0.993. The van der Waals surface area contributed by atoms with Gasteiger partial charge in [-0.05, 0) is 6.42 Å². The van der Waals surface area contributed by atoms with E-state index in [4.69, 9.17) is 20.4 Å². The van der Waals surface area contributed by atoms with Gasteiger partial charge in [-0.1, -0.05) is 0 Å². The Hall–Kier alpha value is -2.65. The predicted octanol–water partition coefficient (Wildman–Crippen LogP) is -0.232. The molecule has 0 aromatic heterocycles. The van der Waals surface area contributed by atoms with E-state index in [0.717, 1.165) is 19.4 Å². The molecule has 22 heavy (non-hydrogen) atoms. The smallest absolute Gasteiger partial charge is 0.303 e. The van der Waals surface area contributed by atoms with E-state index in [1.54, 1.807) is 0 Å². The Kier molecular flexibility index (Phi) is 13.1. The van der Waals surface area contributed by atoms with Gasteiger partial charge >= 0.3 is 23.9 Å². The summed E-state index contributed by atoms with van der Waals surface area (Å²) >= 11 is 0. The molecule has 0 unspecified atom stereocenters. The molecular formula is C12H19NO9. The van der Waals surface area contributed by atoms with Crippen LogP contribution < -0.4 is 5.32 Å². The van der Waals surface area contributed by atoms with Crippen LogP contribution in [0.5, 0.6) is 0 Å². The molecule has 0 bridgehead atoms. The largest absolute Gasteiger partial charge is 0.481 e. The Labute approximate surface area is 125 Å². The summed E-state index contributed by atoms with van der Waals surface area (Å²) in [6, 6.07) is 0. The minimum Gasteiger partial charge on any atom is -0.481 e. The van der Waals surface area contributed by atoms with Crippen molar-refractivity contribution in [3.8, 4) is 0 Å². The Balaban J connectivity index is 0. The zero-order valence-corrected chi connectivity index (χ0v) is 11.8. The van der Waals surface area contributed by atoms with Crippen molar-refractivity contribution in [1.29, 1.82) is 0 Å². The predicted molar refractivity (Wildman–Crippen MR) is 71.3 cm³/mol. The molecule has 1 heterocycles. The molecule has 0 saturated carbocycles. The molecule has 0 aromatic rings. The third kappa shape index (κ3) is 22.5. The van der Waals surface area contributed by atoms with Crippen molar-refractivity contribution in [3.05, 3.63) is 0 Å². The quantitative estimate of drug-likeness (QED) is 0.441. The maximum Gasteiger partial charge on any atom is 0.303 e. The van der Waals surface area contributed by atoms with Gasteiger partial charge in [-0.2, -0.15) is 0 Å². The highest BCUT2D eigenvalue weighted by atomic mass is 16.4.